The lowest BCUT2D eigenvalue weighted by atomic mass is 9.83. The first kappa shape index (κ1) is 15.9. The van der Waals surface area contributed by atoms with Gasteiger partial charge in [0.05, 0.1) is 6.10 Å². The fourth-order valence-electron chi connectivity index (χ4n) is 2.71. The number of aryl methyl sites for hydroxylation is 1. The van der Waals surface area contributed by atoms with Gasteiger partial charge in [-0.3, -0.25) is 0 Å². The number of aromatic nitrogens is 1. The molecule has 114 valence electrons. The van der Waals surface area contributed by atoms with Gasteiger partial charge in [-0.25, -0.2) is 4.89 Å². The van der Waals surface area contributed by atoms with E-state index in [2.05, 4.69) is 50.5 Å². The van der Waals surface area contributed by atoms with E-state index in [0.717, 1.165) is 0 Å². The van der Waals surface area contributed by atoms with Crippen LogP contribution in [0.1, 0.15) is 45.7 Å². The van der Waals surface area contributed by atoms with Gasteiger partial charge < -0.3 is 0 Å². The van der Waals surface area contributed by atoms with Gasteiger partial charge in [0.1, 0.15) is 0 Å². The van der Waals surface area contributed by atoms with E-state index in [9.17, 15) is 0 Å². The van der Waals surface area contributed by atoms with Gasteiger partial charge >= 0.3 is 0 Å². The summed E-state index contributed by atoms with van der Waals surface area (Å²) in [7, 11) is 0. The molecule has 1 heterocycles. The molecule has 0 saturated heterocycles. The van der Waals surface area contributed by atoms with Gasteiger partial charge in [0.25, 0.3) is 6.73 Å². The molecule has 0 spiro atoms. The fourth-order valence-corrected chi connectivity index (χ4v) is 2.71. The monoisotopic (exact) mass is 288 g/mol. The molecule has 0 amide bonds. The molecule has 3 nitrogen and oxygen atoms in total. The van der Waals surface area contributed by atoms with Crippen LogP contribution in [0, 0.1) is 6.92 Å². The molecule has 3 heteroatoms. The summed E-state index contributed by atoms with van der Waals surface area (Å²) in [5.74, 6) is 0. The summed E-state index contributed by atoms with van der Waals surface area (Å²) in [5, 5.41) is 1.22. The normalized spacial score (nSPS) is 12.3. The number of hydrogen-bond acceptors (Lipinski definition) is 2. The van der Waals surface area contributed by atoms with E-state index in [4.69, 9.17) is 9.78 Å². The number of nitrogens with zero attached hydrogens (tertiary/aromatic N) is 1. The minimum absolute atomic E-state index is 0.0619. The van der Waals surface area contributed by atoms with E-state index in [1.54, 1.807) is 0 Å². The van der Waals surface area contributed by atoms with Crippen molar-refractivity contribution in [3.05, 3.63) is 41.6 Å². The van der Waals surface area contributed by atoms with E-state index in [-0.39, 0.29) is 11.5 Å². The lowest BCUT2D eigenvalue weighted by molar-refractivity contribution is -0.736. The Balaban J connectivity index is 2.46. The molecular formula is C18H26NO2+. The zero-order chi connectivity index (χ0) is 15.6. The molecule has 0 fully saturated rings. The minimum atomic E-state index is 0.0619. The highest BCUT2D eigenvalue weighted by Crippen LogP contribution is 2.29. The van der Waals surface area contributed by atoms with Crippen LogP contribution in [-0.4, -0.2) is 6.10 Å². The average Bonchev–Trinajstić information content (AvgIpc) is 2.37. The van der Waals surface area contributed by atoms with Gasteiger partial charge in [-0.05, 0) is 43.9 Å². The zero-order valence-electron chi connectivity index (χ0n) is 13.9. The molecule has 0 aliphatic carbocycles. The Morgan fingerprint density at radius 3 is 2.48 bits per heavy atom. The fraction of sp³-hybridized carbons (Fsp3) is 0.500. The summed E-state index contributed by atoms with van der Waals surface area (Å²) in [5.41, 5.74) is 3.99. The standard InChI is InChI=1S/C18H26NO2/c1-13(2)21-20-12-19-11-7-8-15-9-10-16(18(4,5)6)14(3)17(15)19/h7-11,13H,12H2,1-6H3/q+1. The molecule has 21 heavy (non-hydrogen) atoms. The Morgan fingerprint density at radius 2 is 1.86 bits per heavy atom. The van der Waals surface area contributed by atoms with Crippen LogP contribution < -0.4 is 4.57 Å². The number of fused-ring (bicyclic) bond motifs is 1. The molecule has 2 rings (SSSR count). The van der Waals surface area contributed by atoms with Crippen molar-refractivity contribution < 1.29 is 14.3 Å². The van der Waals surface area contributed by atoms with Crippen molar-refractivity contribution in [2.75, 3.05) is 0 Å². The van der Waals surface area contributed by atoms with E-state index in [1.807, 2.05) is 26.1 Å². The first-order valence-corrected chi connectivity index (χ1v) is 7.51. The Bertz CT molecular complexity index is 627. The molecule has 0 saturated carbocycles. The molecule has 1 aromatic heterocycles. The average molecular weight is 288 g/mol. The van der Waals surface area contributed by atoms with Crippen LogP contribution >= 0.6 is 0 Å². The largest absolute Gasteiger partial charge is 0.282 e. The Labute approximate surface area is 127 Å². The summed E-state index contributed by atoms with van der Waals surface area (Å²) in [4.78, 5) is 10.5. The molecule has 0 bridgehead atoms. The van der Waals surface area contributed by atoms with Gasteiger partial charge in [-0.15, -0.1) is 0 Å². The van der Waals surface area contributed by atoms with Crippen molar-refractivity contribution in [1.82, 2.24) is 0 Å². The minimum Gasteiger partial charge on any atom is -0.228 e. The highest BCUT2D eigenvalue weighted by atomic mass is 17.2. The number of pyridine rings is 1. The van der Waals surface area contributed by atoms with E-state index >= 15 is 0 Å². The second-order valence-electron chi connectivity index (χ2n) is 6.80. The quantitative estimate of drug-likeness (QED) is 0.481. The maximum Gasteiger partial charge on any atom is 0.282 e. The predicted molar refractivity (Wildman–Crippen MR) is 84.9 cm³/mol. The van der Waals surface area contributed by atoms with Crippen LogP contribution in [0.25, 0.3) is 10.9 Å². The van der Waals surface area contributed by atoms with Crippen LogP contribution in [0.2, 0.25) is 0 Å². The Hall–Kier alpha value is -1.45. The van der Waals surface area contributed by atoms with Gasteiger partial charge in [-0.1, -0.05) is 26.8 Å². The van der Waals surface area contributed by atoms with Crippen LogP contribution in [-0.2, 0) is 21.9 Å². The molecule has 1 aromatic carbocycles. The summed E-state index contributed by atoms with van der Waals surface area (Å²) < 4.78 is 2.10. The van der Waals surface area contributed by atoms with Crippen LogP contribution in [0.15, 0.2) is 30.5 Å². The van der Waals surface area contributed by atoms with Crippen LogP contribution in [0.3, 0.4) is 0 Å². The summed E-state index contributed by atoms with van der Waals surface area (Å²) in [6.45, 7) is 13.2. The highest BCUT2D eigenvalue weighted by molar-refractivity contribution is 5.80. The van der Waals surface area contributed by atoms with Crippen LogP contribution in [0.4, 0.5) is 0 Å². The van der Waals surface area contributed by atoms with Crippen molar-refractivity contribution in [3.63, 3.8) is 0 Å². The van der Waals surface area contributed by atoms with E-state index in [0.29, 0.717) is 6.73 Å². The van der Waals surface area contributed by atoms with Crippen LogP contribution in [0.5, 0.6) is 0 Å². The molecule has 0 unspecified atom stereocenters. The second kappa shape index (κ2) is 6.12. The third-order valence-corrected chi connectivity index (χ3v) is 3.55. The zero-order valence-corrected chi connectivity index (χ0v) is 13.9. The van der Waals surface area contributed by atoms with Crippen molar-refractivity contribution in [3.8, 4) is 0 Å². The second-order valence-corrected chi connectivity index (χ2v) is 6.80. The van der Waals surface area contributed by atoms with E-state index in [1.165, 1.54) is 22.0 Å². The van der Waals surface area contributed by atoms with Crippen molar-refractivity contribution in [1.29, 1.82) is 0 Å². The number of benzene rings is 1. The van der Waals surface area contributed by atoms with Gasteiger partial charge in [-0.2, -0.15) is 9.45 Å². The maximum atomic E-state index is 5.33. The van der Waals surface area contributed by atoms with Crippen molar-refractivity contribution in [2.24, 2.45) is 0 Å². The smallest absolute Gasteiger partial charge is 0.228 e. The Kier molecular flexibility index (Phi) is 4.64. The molecule has 0 atom stereocenters. The lowest BCUT2D eigenvalue weighted by Crippen LogP contribution is -2.37. The number of hydrogen-bond donors (Lipinski definition) is 0. The predicted octanol–water partition coefficient (Wildman–Crippen LogP) is 4.05. The van der Waals surface area contributed by atoms with Gasteiger partial charge in [0, 0.05) is 17.0 Å². The molecule has 0 aliphatic heterocycles. The Morgan fingerprint density at radius 1 is 1.14 bits per heavy atom. The molecule has 0 aliphatic rings. The molecule has 0 radical (unpaired) electrons. The lowest BCUT2D eigenvalue weighted by Gasteiger charge is -2.21. The van der Waals surface area contributed by atoms with Gasteiger partial charge in [0.15, 0.2) is 6.20 Å². The SMILES string of the molecule is Cc1c(C(C)(C)C)ccc2ccc[n+](COOC(C)C)c12. The summed E-state index contributed by atoms with van der Waals surface area (Å²) in [6.07, 6.45) is 2.10. The van der Waals surface area contributed by atoms with Crippen molar-refractivity contribution in [2.45, 2.75) is 59.8 Å². The maximum absolute atomic E-state index is 5.33. The highest BCUT2D eigenvalue weighted by Gasteiger charge is 2.21. The molecule has 0 N–H and O–H groups in total. The summed E-state index contributed by atoms with van der Waals surface area (Å²) >= 11 is 0. The molecular weight excluding hydrogens is 262 g/mol. The summed E-state index contributed by atoms with van der Waals surface area (Å²) in [6, 6.07) is 8.59. The topological polar surface area (TPSA) is 22.3 Å². The first-order chi connectivity index (χ1) is 9.80. The third kappa shape index (κ3) is 3.60. The molecule has 2 aromatic rings. The third-order valence-electron chi connectivity index (χ3n) is 3.55. The number of rotatable bonds is 4. The first-order valence-electron chi connectivity index (χ1n) is 7.51. The van der Waals surface area contributed by atoms with Gasteiger partial charge in [0.2, 0.25) is 5.52 Å². The van der Waals surface area contributed by atoms with Crippen molar-refractivity contribution >= 4 is 10.9 Å². The van der Waals surface area contributed by atoms with E-state index < -0.39 is 0 Å².